The first kappa shape index (κ1) is 14.9. The van der Waals surface area contributed by atoms with Crippen LogP contribution in [-0.2, 0) is 0 Å². The number of halogens is 1. The predicted octanol–water partition coefficient (Wildman–Crippen LogP) is 3.15. The summed E-state index contributed by atoms with van der Waals surface area (Å²) < 4.78 is 14.4. The molecule has 3 rings (SSSR count). The molecule has 1 N–H and O–H groups in total. The number of nitrogens with zero attached hydrogens (tertiary/aromatic N) is 3. The van der Waals surface area contributed by atoms with Crippen LogP contribution in [0.4, 0.5) is 10.2 Å². The van der Waals surface area contributed by atoms with Crippen molar-refractivity contribution in [3.8, 4) is 5.69 Å². The number of aromatic amines is 1. The van der Waals surface area contributed by atoms with E-state index in [-0.39, 0.29) is 11.4 Å². The molecule has 0 atom stereocenters. The fraction of sp³-hybridized carbons (Fsp3) is 0.118. The van der Waals surface area contributed by atoms with Crippen molar-refractivity contribution in [3.63, 3.8) is 0 Å². The Hall–Kier alpha value is -3.02. The Balaban J connectivity index is 2.06. The Morgan fingerprint density at radius 1 is 1.22 bits per heavy atom. The van der Waals surface area contributed by atoms with Gasteiger partial charge in [-0.05, 0) is 50.2 Å². The van der Waals surface area contributed by atoms with E-state index in [1.54, 1.807) is 44.3 Å². The number of benzene rings is 1. The molecule has 0 aliphatic rings. The average molecular weight is 310 g/mol. The predicted molar refractivity (Wildman–Crippen MR) is 87.2 cm³/mol. The van der Waals surface area contributed by atoms with Gasteiger partial charge >= 0.3 is 0 Å². The highest BCUT2D eigenvalue weighted by Crippen LogP contribution is 2.12. The molecule has 0 spiro atoms. The molecule has 0 aliphatic carbocycles. The minimum atomic E-state index is -0.349. The van der Waals surface area contributed by atoms with Gasteiger partial charge in [-0.25, -0.2) is 19.0 Å². The number of nitrogens with one attached hydrogen (secondary N) is 1. The van der Waals surface area contributed by atoms with Crippen molar-refractivity contribution in [1.82, 2.24) is 14.8 Å². The van der Waals surface area contributed by atoms with Crippen LogP contribution in [0.1, 0.15) is 18.2 Å². The van der Waals surface area contributed by atoms with Crippen LogP contribution in [-0.4, -0.2) is 20.5 Å². The number of hydrogen-bond acceptors (Lipinski definition) is 3. The van der Waals surface area contributed by atoms with Gasteiger partial charge in [-0.3, -0.25) is 9.89 Å². The molecule has 0 unspecified atom stereocenters. The van der Waals surface area contributed by atoms with Gasteiger partial charge in [-0.2, -0.15) is 0 Å². The lowest BCUT2D eigenvalue weighted by atomic mass is 10.2. The molecule has 116 valence electrons. The Labute approximate surface area is 132 Å². The minimum absolute atomic E-state index is 0.230. The molecular formula is C17H15FN4O. The first-order chi connectivity index (χ1) is 11.1. The second kappa shape index (κ2) is 6.00. The summed E-state index contributed by atoms with van der Waals surface area (Å²) in [6.45, 7) is 3.56. The van der Waals surface area contributed by atoms with E-state index in [0.717, 1.165) is 0 Å². The lowest BCUT2D eigenvalue weighted by Crippen LogP contribution is -2.19. The first-order valence-corrected chi connectivity index (χ1v) is 7.10. The van der Waals surface area contributed by atoms with Crippen LogP contribution in [0.3, 0.4) is 0 Å². The molecule has 2 heterocycles. The van der Waals surface area contributed by atoms with Gasteiger partial charge in [-0.15, -0.1) is 0 Å². The highest BCUT2D eigenvalue weighted by atomic mass is 19.1. The van der Waals surface area contributed by atoms with E-state index in [1.807, 2.05) is 6.07 Å². The third-order valence-electron chi connectivity index (χ3n) is 3.45. The highest BCUT2D eigenvalue weighted by Gasteiger charge is 2.15. The molecule has 5 nitrogen and oxygen atoms in total. The fourth-order valence-electron chi connectivity index (χ4n) is 2.39. The quantitative estimate of drug-likeness (QED) is 0.755. The number of H-pyrrole nitrogens is 1. The fourth-order valence-corrected chi connectivity index (χ4v) is 2.39. The van der Waals surface area contributed by atoms with Crippen LogP contribution in [0, 0.1) is 12.7 Å². The van der Waals surface area contributed by atoms with E-state index >= 15 is 0 Å². The van der Waals surface area contributed by atoms with E-state index in [1.165, 1.54) is 16.8 Å². The number of rotatable bonds is 3. The van der Waals surface area contributed by atoms with Gasteiger partial charge in [-0.1, -0.05) is 6.07 Å². The van der Waals surface area contributed by atoms with Crippen molar-refractivity contribution in [2.45, 2.75) is 13.8 Å². The van der Waals surface area contributed by atoms with Gasteiger partial charge in [0.2, 0.25) is 0 Å². The second-order valence-electron chi connectivity index (χ2n) is 5.11. The molecule has 23 heavy (non-hydrogen) atoms. The van der Waals surface area contributed by atoms with Crippen LogP contribution in [0.25, 0.3) is 5.69 Å². The summed E-state index contributed by atoms with van der Waals surface area (Å²) in [5.74, 6) is 0.191. The highest BCUT2D eigenvalue weighted by molar-refractivity contribution is 6.00. The number of pyridine rings is 1. The standard InChI is InChI=1S/C17H15FN4O/c1-11(20-15-5-3-4-10-19-15)16-12(2)21-22(17(16)23)14-8-6-13(18)7-9-14/h3-10,21H,1-2H3/b20-11+. The molecule has 1 aromatic carbocycles. The number of aryl methyl sites for hydroxylation is 1. The lowest BCUT2D eigenvalue weighted by Gasteiger charge is -2.00. The molecule has 0 bridgehead atoms. The van der Waals surface area contributed by atoms with Gasteiger partial charge in [0.05, 0.1) is 17.0 Å². The first-order valence-electron chi connectivity index (χ1n) is 7.10. The van der Waals surface area contributed by atoms with Crippen molar-refractivity contribution in [2.24, 2.45) is 4.99 Å². The Kier molecular flexibility index (Phi) is 3.89. The van der Waals surface area contributed by atoms with E-state index in [2.05, 4.69) is 15.1 Å². The van der Waals surface area contributed by atoms with E-state index < -0.39 is 0 Å². The molecule has 0 amide bonds. The van der Waals surface area contributed by atoms with Crippen LogP contribution in [0.15, 0.2) is 58.4 Å². The van der Waals surface area contributed by atoms with Crippen molar-refractivity contribution < 1.29 is 4.39 Å². The Morgan fingerprint density at radius 3 is 2.61 bits per heavy atom. The van der Waals surface area contributed by atoms with Gasteiger partial charge in [0.15, 0.2) is 5.82 Å². The van der Waals surface area contributed by atoms with Crippen LogP contribution in [0.2, 0.25) is 0 Å². The van der Waals surface area contributed by atoms with Crippen molar-refractivity contribution in [1.29, 1.82) is 0 Å². The third kappa shape index (κ3) is 2.96. The minimum Gasteiger partial charge on any atom is -0.295 e. The third-order valence-corrected chi connectivity index (χ3v) is 3.45. The number of hydrogen-bond donors (Lipinski definition) is 1. The molecule has 6 heteroatoms. The maximum atomic E-state index is 13.0. The van der Waals surface area contributed by atoms with E-state index in [0.29, 0.717) is 28.5 Å². The zero-order valence-corrected chi connectivity index (χ0v) is 12.7. The topological polar surface area (TPSA) is 63.0 Å². The zero-order valence-electron chi connectivity index (χ0n) is 12.7. The summed E-state index contributed by atoms with van der Waals surface area (Å²) in [6.07, 6.45) is 1.65. The van der Waals surface area contributed by atoms with Crippen molar-refractivity contribution in [2.75, 3.05) is 0 Å². The van der Waals surface area contributed by atoms with Gasteiger partial charge in [0.25, 0.3) is 5.56 Å². The second-order valence-corrected chi connectivity index (χ2v) is 5.11. The summed E-state index contributed by atoms with van der Waals surface area (Å²) in [4.78, 5) is 21.2. The smallest absolute Gasteiger partial charge is 0.280 e. The van der Waals surface area contributed by atoms with Crippen LogP contribution >= 0.6 is 0 Å². The van der Waals surface area contributed by atoms with Crippen LogP contribution in [0.5, 0.6) is 0 Å². The Morgan fingerprint density at radius 2 is 1.96 bits per heavy atom. The average Bonchev–Trinajstić information content (AvgIpc) is 2.84. The molecule has 0 fully saturated rings. The van der Waals surface area contributed by atoms with Crippen molar-refractivity contribution in [3.05, 3.63) is 76.1 Å². The summed E-state index contributed by atoms with van der Waals surface area (Å²) in [6, 6.07) is 11.1. The normalized spacial score (nSPS) is 11.7. The van der Waals surface area contributed by atoms with E-state index in [9.17, 15) is 9.18 Å². The van der Waals surface area contributed by atoms with E-state index in [4.69, 9.17) is 0 Å². The van der Waals surface area contributed by atoms with Gasteiger partial charge < -0.3 is 0 Å². The number of aliphatic imine (C=N–C) groups is 1. The summed E-state index contributed by atoms with van der Waals surface area (Å²) in [7, 11) is 0. The maximum Gasteiger partial charge on any atom is 0.280 e. The molecular weight excluding hydrogens is 295 g/mol. The summed E-state index contributed by atoms with van der Waals surface area (Å²) >= 11 is 0. The maximum absolute atomic E-state index is 13.0. The molecule has 0 aliphatic heterocycles. The summed E-state index contributed by atoms with van der Waals surface area (Å²) in [5, 5.41) is 3.00. The van der Waals surface area contributed by atoms with Gasteiger partial charge in [0.1, 0.15) is 5.82 Å². The lowest BCUT2D eigenvalue weighted by molar-refractivity contribution is 0.627. The van der Waals surface area contributed by atoms with Crippen LogP contribution < -0.4 is 5.56 Å². The monoisotopic (exact) mass is 310 g/mol. The Bertz CT molecular complexity index is 908. The molecule has 3 aromatic rings. The molecule has 2 aromatic heterocycles. The number of aromatic nitrogens is 3. The molecule has 0 saturated heterocycles. The zero-order chi connectivity index (χ0) is 16.4. The molecule has 0 saturated carbocycles. The molecule has 0 radical (unpaired) electrons. The van der Waals surface area contributed by atoms with Gasteiger partial charge in [0, 0.05) is 11.9 Å². The summed E-state index contributed by atoms with van der Waals surface area (Å²) in [5.41, 5.74) is 2.09. The van der Waals surface area contributed by atoms with Crippen molar-refractivity contribution >= 4 is 11.5 Å². The SMILES string of the molecule is C/C(=N\c1ccccn1)c1c(C)[nH]n(-c2ccc(F)cc2)c1=O. The largest absolute Gasteiger partial charge is 0.295 e.